The third-order valence-electron chi connectivity index (χ3n) is 4.71. The van der Waals surface area contributed by atoms with Gasteiger partial charge in [-0.1, -0.05) is 38.1 Å². The molecule has 1 atom stereocenters. The maximum atomic E-state index is 3.79. The molecule has 1 aromatic carbocycles. The largest absolute Gasteiger partial charge is 0.310 e. The lowest BCUT2D eigenvalue weighted by atomic mass is 9.74. The second-order valence-corrected chi connectivity index (χ2v) is 6.28. The lowest BCUT2D eigenvalue weighted by molar-refractivity contribution is 0.221. The summed E-state index contributed by atoms with van der Waals surface area (Å²) in [5.41, 5.74) is 3.01. The number of nitrogens with zero attached hydrogens (tertiary/aromatic N) is 1. The molecule has 0 radical (unpaired) electrons. The van der Waals surface area contributed by atoms with Gasteiger partial charge in [0.1, 0.15) is 0 Å². The van der Waals surface area contributed by atoms with E-state index >= 15 is 0 Å². The fourth-order valence-electron chi connectivity index (χ4n) is 3.38. The van der Waals surface area contributed by atoms with E-state index < -0.39 is 0 Å². The number of aryl methyl sites for hydroxylation is 1. The molecule has 1 N–H and O–H groups in total. The van der Waals surface area contributed by atoms with Crippen LogP contribution in [0.3, 0.4) is 0 Å². The first-order valence-electron chi connectivity index (χ1n) is 8.17. The van der Waals surface area contributed by atoms with Crippen molar-refractivity contribution >= 4 is 0 Å². The molecule has 0 aliphatic heterocycles. The Hall–Kier alpha value is -0.860. The van der Waals surface area contributed by atoms with E-state index in [1.165, 1.54) is 24.9 Å². The van der Waals surface area contributed by atoms with Gasteiger partial charge in [0.15, 0.2) is 0 Å². The first-order chi connectivity index (χ1) is 9.63. The highest BCUT2D eigenvalue weighted by atomic mass is 15.1. The third-order valence-corrected chi connectivity index (χ3v) is 4.71. The lowest BCUT2D eigenvalue weighted by Gasteiger charge is -2.39. The second kappa shape index (κ2) is 7.24. The van der Waals surface area contributed by atoms with Gasteiger partial charge in [-0.3, -0.25) is 0 Å². The van der Waals surface area contributed by atoms with Crippen LogP contribution in [0, 0.1) is 6.92 Å². The van der Waals surface area contributed by atoms with E-state index in [1.807, 2.05) is 0 Å². The summed E-state index contributed by atoms with van der Waals surface area (Å²) in [6.07, 6.45) is 2.60. The monoisotopic (exact) mass is 274 g/mol. The van der Waals surface area contributed by atoms with Gasteiger partial charge >= 0.3 is 0 Å². The Kier molecular flexibility index (Phi) is 5.62. The van der Waals surface area contributed by atoms with Gasteiger partial charge in [0.2, 0.25) is 0 Å². The molecule has 0 bridgehead atoms. The summed E-state index contributed by atoms with van der Waals surface area (Å²) in [4.78, 5) is 2.50. The summed E-state index contributed by atoms with van der Waals surface area (Å²) in [5.74, 6) is 0.773. The van der Waals surface area contributed by atoms with Gasteiger partial charge in [0.25, 0.3) is 0 Å². The quantitative estimate of drug-likeness (QED) is 0.818. The number of rotatable bonds is 7. The zero-order valence-electron chi connectivity index (χ0n) is 13.5. The smallest absolute Gasteiger partial charge is 0.0169 e. The van der Waals surface area contributed by atoms with Gasteiger partial charge in [-0.25, -0.2) is 0 Å². The van der Waals surface area contributed by atoms with Crippen LogP contribution in [-0.4, -0.2) is 36.6 Å². The number of benzene rings is 1. The fourth-order valence-corrected chi connectivity index (χ4v) is 3.38. The molecule has 1 unspecified atom stereocenters. The Balaban J connectivity index is 1.75. The van der Waals surface area contributed by atoms with Gasteiger partial charge in [0.05, 0.1) is 0 Å². The van der Waals surface area contributed by atoms with Crippen LogP contribution in [0.2, 0.25) is 0 Å². The van der Waals surface area contributed by atoms with E-state index in [9.17, 15) is 0 Å². The van der Waals surface area contributed by atoms with E-state index in [4.69, 9.17) is 0 Å². The predicted molar refractivity (Wildman–Crippen MR) is 87.3 cm³/mol. The average Bonchev–Trinajstić information content (AvgIpc) is 2.41. The summed E-state index contributed by atoms with van der Waals surface area (Å²) < 4.78 is 0. The molecule has 0 heterocycles. The predicted octanol–water partition coefficient (Wildman–Crippen LogP) is 3.56. The molecule has 1 fully saturated rings. The molecular formula is C18H30N2. The molecule has 0 spiro atoms. The van der Waals surface area contributed by atoms with Crippen LogP contribution in [0.25, 0.3) is 0 Å². The van der Waals surface area contributed by atoms with Crippen LogP contribution in [0.5, 0.6) is 0 Å². The molecule has 20 heavy (non-hydrogen) atoms. The van der Waals surface area contributed by atoms with Crippen LogP contribution in [0.4, 0.5) is 0 Å². The van der Waals surface area contributed by atoms with Crippen molar-refractivity contribution in [2.75, 3.05) is 19.6 Å². The number of hydrogen-bond donors (Lipinski definition) is 1. The van der Waals surface area contributed by atoms with Crippen molar-refractivity contribution in [1.82, 2.24) is 10.2 Å². The molecular weight excluding hydrogens is 244 g/mol. The maximum Gasteiger partial charge on any atom is 0.0169 e. The summed E-state index contributed by atoms with van der Waals surface area (Å²) in [5, 5.41) is 3.79. The zero-order chi connectivity index (χ0) is 14.5. The van der Waals surface area contributed by atoms with Crippen LogP contribution in [0.1, 0.15) is 50.7 Å². The average molecular weight is 274 g/mol. The van der Waals surface area contributed by atoms with E-state index in [2.05, 4.69) is 62.2 Å². The van der Waals surface area contributed by atoms with Gasteiger partial charge in [-0.05, 0) is 56.8 Å². The first kappa shape index (κ1) is 15.5. The highest BCUT2D eigenvalue weighted by Crippen LogP contribution is 2.38. The normalized spacial score (nSPS) is 23.6. The minimum Gasteiger partial charge on any atom is -0.310 e. The van der Waals surface area contributed by atoms with Crippen LogP contribution in [0.15, 0.2) is 24.3 Å². The Bertz CT molecular complexity index is 406. The van der Waals surface area contributed by atoms with Crippen LogP contribution >= 0.6 is 0 Å². The van der Waals surface area contributed by atoms with Crippen molar-refractivity contribution in [1.29, 1.82) is 0 Å². The van der Waals surface area contributed by atoms with Crippen molar-refractivity contribution < 1.29 is 0 Å². The summed E-state index contributed by atoms with van der Waals surface area (Å²) in [6.45, 7) is 12.5. The molecule has 0 aromatic heterocycles. The van der Waals surface area contributed by atoms with E-state index in [0.29, 0.717) is 12.1 Å². The van der Waals surface area contributed by atoms with Crippen molar-refractivity contribution in [3.63, 3.8) is 0 Å². The second-order valence-electron chi connectivity index (χ2n) is 6.28. The SMILES string of the molecule is CCN(CC)CC(C)NC1CC(c2ccccc2C)C1. The number of hydrogen-bond acceptors (Lipinski definition) is 2. The Morgan fingerprint density at radius 3 is 2.45 bits per heavy atom. The van der Waals surface area contributed by atoms with E-state index in [0.717, 1.165) is 19.0 Å². The maximum absolute atomic E-state index is 3.79. The van der Waals surface area contributed by atoms with E-state index in [1.54, 1.807) is 5.56 Å². The van der Waals surface area contributed by atoms with Crippen molar-refractivity contribution in [2.45, 2.75) is 58.5 Å². The molecule has 2 nitrogen and oxygen atoms in total. The molecule has 2 heteroatoms. The minimum absolute atomic E-state index is 0.595. The fraction of sp³-hybridized carbons (Fsp3) is 0.667. The molecule has 112 valence electrons. The Morgan fingerprint density at radius 2 is 1.85 bits per heavy atom. The highest BCUT2D eigenvalue weighted by Gasteiger charge is 2.31. The lowest BCUT2D eigenvalue weighted by Crippen LogP contribution is -2.48. The van der Waals surface area contributed by atoms with Crippen LogP contribution < -0.4 is 5.32 Å². The molecule has 0 amide bonds. The molecule has 1 aromatic rings. The zero-order valence-corrected chi connectivity index (χ0v) is 13.5. The van der Waals surface area contributed by atoms with Gasteiger partial charge in [-0.2, -0.15) is 0 Å². The van der Waals surface area contributed by atoms with Crippen molar-refractivity contribution in [3.05, 3.63) is 35.4 Å². The Labute approximate surface area is 124 Å². The molecule has 0 saturated heterocycles. The van der Waals surface area contributed by atoms with Crippen LogP contribution in [-0.2, 0) is 0 Å². The molecule has 1 aliphatic rings. The molecule has 1 saturated carbocycles. The summed E-state index contributed by atoms with van der Waals surface area (Å²) in [7, 11) is 0. The van der Waals surface area contributed by atoms with Gasteiger partial charge in [0, 0.05) is 18.6 Å². The molecule has 2 rings (SSSR count). The van der Waals surface area contributed by atoms with Gasteiger partial charge in [-0.15, -0.1) is 0 Å². The standard InChI is InChI=1S/C18H30N2/c1-5-20(6-2)13-15(4)19-17-11-16(12-17)18-10-8-7-9-14(18)3/h7-10,15-17,19H,5-6,11-13H2,1-4H3. The highest BCUT2D eigenvalue weighted by molar-refractivity contribution is 5.31. The minimum atomic E-state index is 0.595. The van der Waals surface area contributed by atoms with Gasteiger partial charge < -0.3 is 10.2 Å². The van der Waals surface area contributed by atoms with E-state index in [-0.39, 0.29) is 0 Å². The Morgan fingerprint density at radius 1 is 1.20 bits per heavy atom. The van der Waals surface area contributed by atoms with Crippen molar-refractivity contribution in [3.8, 4) is 0 Å². The topological polar surface area (TPSA) is 15.3 Å². The van der Waals surface area contributed by atoms with Crippen molar-refractivity contribution in [2.24, 2.45) is 0 Å². The number of likely N-dealkylation sites (N-methyl/N-ethyl adjacent to an activating group) is 1. The molecule has 1 aliphatic carbocycles. The first-order valence-corrected chi connectivity index (χ1v) is 8.17. The third kappa shape index (κ3) is 3.83. The summed E-state index contributed by atoms with van der Waals surface area (Å²) in [6, 6.07) is 10.2. The number of nitrogens with one attached hydrogen (secondary N) is 1. The summed E-state index contributed by atoms with van der Waals surface area (Å²) >= 11 is 0.